The molecule has 21 heavy (non-hydrogen) atoms. The summed E-state index contributed by atoms with van der Waals surface area (Å²) in [5.74, 6) is 1.28. The van der Waals surface area contributed by atoms with Crippen molar-refractivity contribution < 1.29 is 9.53 Å². The van der Waals surface area contributed by atoms with Gasteiger partial charge in [0.15, 0.2) is 0 Å². The molecule has 4 heteroatoms. The number of ether oxygens (including phenoxy) is 1. The average molecular weight is 290 g/mol. The Hall–Kier alpha value is -1.58. The molecule has 0 amide bonds. The van der Waals surface area contributed by atoms with E-state index in [1.165, 1.54) is 32.8 Å². The number of hydrogen-bond donors (Lipinski definition) is 0. The first kappa shape index (κ1) is 15.8. The second-order valence-corrected chi connectivity index (χ2v) is 6.21. The van der Waals surface area contributed by atoms with Crippen molar-refractivity contribution in [1.29, 1.82) is 0 Å². The van der Waals surface area contributed by atoms with Crippen molar-refractivity contribution in [2.24, 2.45) is 5.92 Å². The quantitative estimate of drug-likeness (QED) is 0.750. The molecule has 4 nitrogen and oxygen atoms in total. The predicted octanol–water partition coefficient (Wildman–Crippen LogP) is 3.66. The Kier molecular flexibility index (Phi) is 5.59. The van der Waals surface area contributed by atoms with Gasteiger partial charge in [-0.25, -0.2) is 9.78 Å². The van der Waals surface area contributed by atoms with Crippen molar-refractivity contribution in [2.75, 3.05) is 18.6 Å². The van der Waals surface area contributed by atoms with Gasteiger partial charge in [0.25, 0.3) is 0 Å². The average Bonchev–Trinajstić information content (AvgIpc) is 3.01. The van der Waals surface area contributed by atoms with E-state index >= 15 is 0 Å². The first-order valence-electron chi connectivity index (χ1n) is 7.93. The minimum absolute atomic E-state index is 0.297. The van der Waals surface area contributed by atoms with Crippen LogP contribution in [0.15, 0.2) is 18.3 Å². The Balaban J connectivity index is 2.20. The first-order chi connectivity index (χ1) is 10.1. The zero-order chi connectivity index (χ0) is 15.2. The second kappa shape index (κ2) is 7.43. The number of aromatic nitrogens is 1. The van der Waals surface area contributed by atoms with Gasteiger partial charge in [-0.3, -0.25) is 0 Å². The van der Waals surface area contributed by atoms with E-state index in [1.807, 2.05) is 6.07 Å². The van der Waals surface area contributed by atoms with Gasteiger partial charge in [0.1, 0.15) is 5.82 Å². The second-order valence-electron chi connectivity index (χ2n) is 6.21. The molecule has 116 valence electrons. The molecule has 0 bridgehead atoms. The van der Waals surface area contributed by atoms with Gasteiger partial charge in [-0.15, -0.1) is 0 Å². The topological polar surface area (TPSA) is 42.4 Å². The monoisotopic (exact) mass is 290 g/mol. The van der Waals surface area contributed by atoms with Crippen molar-refractivity contribution in [3.63, 3.8) is 0 Å². The Morgan fingerprint density at radius 3 is 2.76 bits per heavy atom. The van der Waals surface area contributed by atoms with Crippen LogP contribution in [0, 0.1) is 5.92 Å². The van der Waals surface area contributed by atoms with E-state index in [9.17, 15) is 4.79 Å². The van der Waals surface area contributed by atoms with Gasteiger partial charge in [-0.1, -0.05) is 26.7 Å². The maximum Gasteiger partial charge on any atom is 0.338 e. The molecule has 0 unspecified atom stereocenters. The minimum Gasteiger partial charge on any atom is -0.465 e. The van der Waals surface area contributed by atoms with Gasteiger partial charge in [0.2, 0.25) is 0 Å². The van der Waals surface area contributed by atoms with Crippen LogP contribution in [0.4, 0.5) is 5.82 Å². The molecule has 0 spiro atoms. The molecular formula is C17H26N2O2. The van der Waals surface area contributed by atoms with E-state index in [2.05, 4.69) is 23.7 Å². The van der Waals surface area contributed by atoms with Crippen LogP contribution in [0.5, 0.6) is 0 Å². The van der Waals surface area contributed by atoms with E-state index < -0.39 is 0 Å². The lowest BCUT2D eigenvalue weighted by Crippen LogP contribution is -2.35. The lowest BCUT2D eigenvalue weighted by Gasteiger charge is -2.31. The largest absolute Gasteiger partial charge is 0.465 e. The lowest BCUT2D eigenvalue weighted by molar-refractivity contribution is 0.0600. The minimum atomic E-state index is -0.297. The zero-order valence-electron chi connectivity index (χ0n) is 13.3. The summed E-state index contributed by atoms with van der Waals surface area (Å²) in [6, 6.07) is 4.14. The number of rotatable bonds is 6. The molecular weight excluding hydrogens is 264 g/mol. The van der Waals surface area contributed by atoms with Crippen LogP contribution in [0.2, 0.25) is 0 Å². The molecule has 1 fully saturated rings. The van der Waals surface area contributed by atoms with Crippen molar-refractivity contribution in [2.45, 2.75) is 52.0 Å². The number of anilines is 1. The zero-order valence-corrected chi connectivity index (χ0v) is 13.3. The third kappa shape index (κ3) is 4.19. The van der Waals surface area contributed by atoms with Gasteiger partial charge in [0.05, 0.1) is 12.7 Å². The number of pyridine rings is 1. The molecule has 0 saturated heterocycles. The Morgan fingerprint density at radius 1 is 1.43 bits per heavy atom. The summed E-state index contributed by atoms with van der Waals surface area (Å²) in [4.78, 5) is 18.6. The Bertz CT molecular complexity index is 468. The maximum absolute atomic E-state index is 11.7. The molecule has 1 aliphatic carbocycles. The molecule has 0 radical (unpaired) electrons. The van der Waals surface area contributed by atoms with Crippen molar-refractivity contribution >= 4 is 11.8 Å². The number of esters is 1. The normalized spacial score (nSPS) is 15.4. The number of hydrogen-bond acceptors (Lipinski definition) is 4. The van der Waals surface area contributed by atoms with Crippen LogP contribution in [-0.2, 0) is 4.74 Å². The fourth-order valence-corrected chi connectivity index (χ4v) is 2.92. The Labute approximate surface area is 127 Å². The predicted molar refractivity (Wildman–Crippen MR) is 84.6 cm³/mol. The first-order valence-corrected chi connectivity index (χ1v) is 7.93. The highest BCUT2D eigenvalue weighted by molar-refractivity contribution is 5.90. The van der Waals surface area contributed by atoms with Gasteiger partial charge in [-0.05, 0) is 37.3 Å². The summed E-state index contributed by atoms with van der Waals surface area (Å²) in [6.45, 7) is 5.48. The fourth-order valence-electron chi connectivity index (χ4n) is 2.92. The molecule has 2 rings (SSSR count). The van der Waals surface area contributed by atoms with E-state index in [0.29, 0.717) is 17.5 Å². The van der Waals surface area contributed by atoms with E-state index in [4.69, 9.17) is 4.74 Å². The smallest absolute Gasteiger partial charge is 0.338 e. The highest BCUT2D eigenvalue weighted by atomic mass is 16.5. The van der Waals surface area contributed by atoms with E-state index in [-0.39, 0.29) is 5.97 Å². The molecule has 1 aromatic heterocycles. The summed E-state index contributed by atoms with van der Waals surface area (Å²) >= 11 is 0. The number of nitrogens with zero attached hydrogens (tertiary/aromatic N) is 2. The van der Waals surface area contributed by atoms with Gasteiger partial charge >= 0.3 is 5.97 Å². The summed E-state index contributed by atoms with van der Waals surface area (Å²) < 4.78 is 4.81. The molecule has 0 atom stereocenters. The van der Waals surface area contributed by atoms with E-state index in [1.54, 1.807) is 12.3 Å². The van der Waals surface area contributed by atoms with Gasteiger partial charge < -0.3 is 9.64 Å². The van der Waals surface area contributed by atoms with Crippen molar-refractivity contribution in [3.05, 3.63) is 23.9 Å². The summed E-state index contributed by atoms with van der Waals surface area (Å²) in [7, 11) is 1.41. The summed E-state index contributed by atoms with van der Waals surface area (Å²) in [5.41, 5.74) is 0.579. The van der Waals surface area contributed by atoms with E-state index in [0.717, 1.165) is 18.8 Å². The molecule has 1 aromatic rings. The molecule has 1 heterocycles. The molecule has 1 saturated carbocycles. The van der Waals surface area contributed by atoms with Crippen LogP contribution in [0.3, 0.4) is 0 Å². The van der Waals surface area contributed by atoms with Crippen molar-refractivity contribution in [3.8, 4) is 0 Å². The molecule has 0 aromatic carbocycles. The SMILES string of the molecule is COC(=O)c1ccnc(N(CCC(C)C)C2CCCC2)c1. The van der Waals surface area contributed by atoms with Crippen LogP contribution in [-0.4, -0.2) is 30.6 Å². The van der Waals surface area contributed by atoms with Crippen LogP contribution in [0.25, 0.3) is 0 Å². The highest BCUT2D eigenvalue weighted by Gasteiger charge is 2.24. The number of methoxy groups -OCH3 is 1. The van der Waals surface area contributed by atoms with Gasteiger partial charge in [0, 0.05) is 18.8 Å². The third-order valence-corrected chi connectivity index (χ3v) is 4.17. The lowest BCUT2D eigenvalue weighted by atomic mass is 10.1. The standard InChI is InChI=1S/C17H26N2O2/c1-13(2)9-11-19(15-6-4-5-7-15)16-12-14(8-10-18-16)17(20)21-3/h8,10,12-13,15H,4-7,9,11H2,1-3H3. The molecule has 0 aliphatic heterocycles. The summed E-state index contributed by atoms with van der Waals surface area (Å²) in [5, 5.41) is 0. The molecule has 1 aliphatic rings. The molecule has 0 N–H and O–H groups in total. The highest BCUT2D eigenvalue weighted by Crippen LogP contribution is 2.28. The summed E-state index contributed by atoms with van der Waals surface area (Å²) in [6.07, 6.45) is 7.88. The van der Waals surface area contributed by atoms with Crippen LogP contribution >= 0.6 is 0 Å². The van der Waals surface area contributed by atoms with Gasteiger partial charge in [-0.2, -0.15) is 0 Å². The van der Waals surface area contributed by atoms with Crippen LogP contribution in [0.1, 0.15) is 56.3 Å². The number of carbonyl (C=O) groups excluding carboxylic acids is 1. The maximum atomic E-state index is 11.7. The van der Waals surface area contributed by atoms with Crippen molar-refractivity contribution in [1.82, 2.24) is 4.98 Å². The third-order valence-electron chi connectivity index (χ3n) is 4.17. The van der Waals surface area contributed by atoms with Crippen LogP contribution < -0.4 is 4.90 Å². The fraction of sp³-hybridized carbons (Fsp3) is 0.647. The number of carbonyl (C=O) groups is 1. The Morgan fingerprint density at radius 2 is 2.14 bits per heavy atom.